The summed E-state index contributed by atoms with van der Waals surface area (Å²) in [4.78, 5) is 27.7. The van der Waals surface area contributed by atoms with Gasteiger partial charge >= 0.3 is 5.97 Å². The van der Waals surface area contributed by atoms with Crippen molar-refractivity contribution in [3.63, 3.8) is 0 Å². The number of hydrogen-bond donors (Lipinski definition) is 2. The largest absolute Gasteiger partial charge is 0.480 e. The van der Waals surface area contributed by atoms with Gasteiger partial charge in [-0.2, -0.15) is 0 Å². The Balaban J connectivity index is 1.84. The second-order valence-electron chi connectivity index (χ2n) is 5.45. The van der Waals surface area contributed by atoms with Gasteiger partial charge in [0.1, 0.15) is 6.04 Å². The topological polar surface area (TPSA) is 79.3 Å². The highest BCUT2D eigenvalue weighted by molar-refractivity contribution is 6.07. The summed E-state index contributed by atoms with van der Waals surface area (Å²) in [6, 6.07) is 6.60. The minimum absolute atomic E-state index is 0.382. The number of pyridine rings is 1. The van der Waals surface area contributed by atoms with E-state index in [9.17, 15) is 14.7 Å². The number of nitrogens with zero attached hydrogens (tertiary/aromatic N) is 1. The Morgan fingerprint density at radius 2 is 2.05 bits per heavy atom. The molecule has 1 aliphatic rings. The molecule has 1 atom stereocenters. The fourth-order valence-electron chi connectivity index (χ4n) is 2.44. The Kier molecular flexibility index (Phi) is 3.56. The summed E-state index contributed by atoms with van der Waals surface area (Å²) >= 11 is 0. The lowest BCUT2D eigenvalue weighted by Crippen LogP contribution is -2.41. The summed E-state index contributed by atoms with van der Waals surface area (Å²) in [6.07, 6.45) is 5.77. The highest BCUT2D eigenvalue weighted by atomic mass is 16.4. The van der Waals surface area contributed by atoms with Gasteiger partial charge in [0.2, 0.25) is 0 Å². The minimum atomic E-state index is -0.983. The fourth-order valence-corrected chi connectivity index (χ4v) is 2.44. The Morgan fingerprint density at radius 1 is 1.29 bits per heavy atom. The molecule has 3 rings (SSSR count). The van der Waals surface area contributed by atoms with Gasteiger partial charge in [-0.3, -0.25) is 9.78 Å². The molecule has 1 aromatic heterocycles. The van der Waals surface area contributed by atoms with E-state index in [0.29, 0.717) is 17.9 Å². The van der Waals surface area contributed by atoms with Crippen molar-refractivity contribution in [2.24, 2.45) is 5.92 Å². The van der Waals surface area contributed by atoms with Gasteiger partial charge in [-0.05, 0) is 17.7 Å². The molecule has 21 heavy (non-hydrogen) atoms. The van der Waals surface area contributed by atoms with E-state index < -0.39 is 12.0 Å². The van der Waals surface area contributed by atoms with Crippen LogP contribution in [0.25, 0.3) is 10.8 Å². The third kappa shape index (κ3) is 3.02. The molecular formula is C16H16N2O3. The number of carbonyl (C=O) groups is 2. The molecule has 0 radical (unpaired) electrons. The van der Waals surface area contributed by atoms with Crippen LogP contribution in [0.5, 0.6) is 0 Å². The number of rotatable bonds is 5. The van der Waals surface area contributed by atoms with Gasteiger partial charge in [-0.25, -0.2) is 4.79 Å². The number of carboxylic acid groups (broad SMARTS) is 1. The summed E-state index contributed by atoms with van der Waals surface area (Å²) in [5.74, 6) is -0.937. The quantitative estimate of drug-likeness (QED) is 0.882. The Morgan fingerprint density at radius 3 is 2.76 bits per heavy atom. The zero-order valence-electron chi connectivity index (χ0n) is 11.5. The molecule has 1 aromatic carbocycles. The van der Waals surface area contributed by atoms with Crippen molar-refractivity contribution in [2.45, 2.75) is 25.3 Å². The summed E-state index contributed by atoms with van der Waals surface area (Å²) in [5, 5.41) is 13.5. The number of aromatic nitrogens is 1. The number of amides is 1. The Hall–Kier alpha value is -2.43. The Bertz CT molecular complexity index is 689. The highest BCUT2D eigenvalue weighted by Gasteiger charge is 2.30. The van der Waals surface area contributed by atoms with Gasteiger partial charge in [-0.1, -0.05) is 37.1 Å². The lowest BCUT2D eigenvalue weighted by molar-refractivity contribution is -0.139. The van der Waals surface area contributed by atoms with Gasteiger partial charge in [0.15, 0.2) is 0 Å². The van der Waals surface area contributed by atoms with Gasteiger partial charge in [0, 0.05) is 17.8 Å². The van der Waals surface area contributed by atoms with Crippen LogP contribution in [-0.2, 0) is 4.79 Å². The third-order valence-corrected chi connectivity index (χ3v) is 3.78. The first-order chi connectivity index (χ1) is 10.1. The van der Waals surface area contributed by atoms with Crippen molar-refractivity contribution in [3.05, 3.63) is 42.2 Å². The molecule has 5 nitrogen and oxygen atoms in total. The minimum Gasteiger partial charge on any atom is -0.480 e. The molecule has 0 saturated heterocycles. The maximum Gasteiger partial charge on any atom is 0.326 e. The van der Waals surface area contributed by atoms with Gasteiger partial charge in [0.25, 0.3) is 5.91 Å². The normalized spacial score (nSPS) is 15.6. The van der Waals surface area contributed by atoms with Crippen molar-refractivity contribution in [3.8, 4) is 0 Å². The van der Waals surface area contributed by atoms with Crippen LogP contribution in [0.4, 0.5) is 0 Å². The number of aliphatic carboxylic acids is 1. The average molecular weight is 284 g/mol. The predicted octanol–water partition coefficient (Wildman–Crippen LogP) is 2.22. The molecule has 1 heterocycles. The predicted molar refractivity (Wildman–Crippen MR) is 78.0 cm³/mol. The summed E-state index contributed by atoms with van der Waals surface area (Å²) in [5.41, 5.74) is 0.412. The number of nitrogens with one attached hydrogen (secondary N) is 1. The van der Waals surface area contributed by atoms with Crippen molar-refractivity contribution < 1.29 is 14.7 Å². The lowest BCUT2D eigenvalue weighted by Gasteiger charge is -2.14. The molecule has 5 heteroatoms. The number of carboxylic acids is 1. The molecule has 1 unspecified atom stereocenters. The second kappa shape index (κ2) is 5.52. The standard InChI is InChI=1S/C16H16N2O3/c19-15(18-14(16(20)21)7-10-5-6-10)13-9-17-8-11-3-1-2-4-12(11)13/h1-4,8-10,14H,5-7H2,(H,18,19)(H,20,21). The van der Waals surface area contributed by atoms with E-state index in [-0.39, 0.29) is 5.91 Å². The van der Waals surface area contributed by atoms with E-state index in [1.807, 2.05) is 24.3 Å². The van der Waals surface area contributed by atoms with E-state index in [4.69, 9.17) is 0 Å². The lowest BCUT2D eigenvalue weighted by atomic mass is 10.1. The van der Waals surface area contributed by atoms with Gasteiger partial charge in [-0.15, -0.1) is 0 Å². The van der Waals surface area contributed by atoms with Crippen LogP contribution in [0, 0.1) is 5.92 Å². The fraction of sp³-hybridized carbons (Fsp3) is 0.312. The monoisotopic (exact) mass is 284 g/mol. The molecule has 0 bridgehead atoms. The molecule has 0 spiro atoms. The van der Waals surface area contributed by atoms with E-state index in [1.165, 1.54) is 6.20 Å². The molecule has 1 saturated carbocycles. The molecule has 1 amide bonds. The van der Waals surface area contributed by atoms with Crippen molar-refractivity contribution in [2.75, 3.05) is 0 Å². The third-order valence-electron chi connectivity index (χ3n) is 3.78. The van der Waals surface area contributed by atoms with Crippen molar-refractivity contribution in [1.82, 2.24) is 10.3 Å². The SMILES string of the molecule is O=C(NC(CC1CC1)C(=O)O)c1cncc2ccccc12. The summed E-state index contributed by atoms with van der Waals surface area (Å²) in [6.45, 7) is 0. The van der Waals surface area contributed by atoms with E-state index in [2.05, 4.69) is 10.3 Å². The first-order valence-corrected chi connectivity index (χ1v) is 7.01. The van der Waals surface area contributed by atoms with Crippen molar-refractivity contribution >= 4 is 22.6 Å². The van der Waals surface area contributed by atoms with Crippen molar-refractivity contribution in [1.29, 1.82) is 0 Å². The first-order valence-electron chi connectivity index (χ1n) is 7.01. The van der Waals surface area contributed by atoms with Crippen LogP contribution < -0.4 is 5.32 Å². The van der Waals surface area contributed by atoms with Crippen LogP contribution in [0.1, 0.15) is 29.6 Å². The second-order valence-corrected chi connectivity index (χ2v) is 5.45. The number of carbonyl (C=O) groups excluding carboxylic acids is 1. The van der Waals surface area contributed by atoms with Crippen LogP contribution >= 0.6 is 0 Å². The molecular weight excluding hydrogens is 268 g/mol. The molecule has 0 aliphatic heterocycles. The summed E-state index contributed by atoms with van der Waals surface area (Å²) in [7, 11) is 0. The maximum atomic E-state index is 12.4. The van der Waals surface area contributed by atoms with Crippen LogP contribution in [0.3, 0.4) is 0 Å². The zero-order chi connectivity index (χ0) is 14.8. The maximum absolute atomic E-state index is 12.4. The number of fused-ring (bicyclic) bond motifs is 1. The first kappa shape index (κ1) is 13.5. The molecule has 2 aromatic rings. The molecule has 108 valence electrons. The van der Waals surface area contributed by atoms with Crippen LogP contribution in [-0.4, -0.2) is 28.0 Å². The van der Waals surface area contributed by atoms with Crippen LogP contribution in [0.15, 0.2) is 36.7 Å². The van der Waals surface area contributed by atoms with E-state index in [0.717, 1.165) is 23.6 Å². The van der Waals surface area contributed by atoms with E-state index >= 15 is 0 Å². The molecule has 2 N–H and O–H groups in total. The zero-order valence-corrected chi connectivity index (χ0v) is 11.5. The van der Waals surface area contributed by atoms with Gasteiger partial charge < -0.3 is 10.4 Å². The molecule has 1 aliphatic carbocycles. The Labute approximate surface area is 122 Å². The van der Waals surface area contributed by atoms with E-state index in [1.54, 1.807) is 6.20 Å². The van der Waals surface area contributed by atoms with Crippen LogP contribution in [0.2, 0.25) is 0 Å². The smallest absolute Gasteiger partial charge is 0.326 e. The number of hydrogen-bond acceptors (Lipinski definition) is 3. The average Bonchev–Trinajstić information content (AvgIpc) is 3.29. The number of benzene rings is 1. The summed E-state index contributed by atoms with van der Waals surface area (Å²) < 4.78 is 0. The van der Waals surface area contributed by atoms with Gasteiger partial charge in [0.05, 0.1) is 5.56 Å². The highest BCUT2D eigenvalue weighted by Crippen LogP contribution is 2.33. The molecule has 1 fully saturated rings.